The van der Waals surface area contributed by atoms with Crippen LogP contribution in [0.5, 0.6) is 0 Å². The normalized spacial score (nSPS) is 10.8. The van der Waals surface area contributed by atoms with Crippen LogP contribution in [0.25, 0.3) is 0 Å². The van der Waals surface area contributed by atoms with Gasteiger partial charge in [0.15, 0.2) is 0 Å². The highest BCUT2D eigenvalue weighted by Crippen LogP contribution is 2.11. The minimum atomic E-state index is -0.411. The van der Waals surface area contributed by atoms with Crippen molar-refractivity contribution in [2.75, 3.05) is 20.3 Å². The first-order valence-corrected chi connectivity index (χ1v) is 6.82. The number of methoxy groups -OCH3 is 1. The summed E-state index contributed by atoms with van der Waals surface area (Å²) in [4.78, 5) is 11.6. The van der Waals surface area contributed by atoms with Crippen LogP contribution >= 0.6 is 15.9 Å². The molecule has 0 aromatic heterocycles. The molecular formula is C14H16BrN3O2. The topological polar surface area (TPSA) is 74.1 Å². The standard InChI is InChI=1S/C14H16BrN3O2/c1-20-6-5-18-14(19)12(8-16)10-17-9-11-3-2-4-13(15)7-11/h2-4,7,10,17H,5-6,9H2,1H3,(H,18,19)/b12-10-. The Balaban J connectivity index is 2.49. The lowest BCUT2D eigenvalue weighted by molar-refractivity contribution is -0.117. The van der Waals surface area contributed by atoms with Crippen LogP contribution in [0.2, 0.25) is 0 Å². The first-order valence-electron chi connectivity index (χ1n) is 6.02. The molecule has 1 aromatic rings. The van der Waals surface area contributed by atoms with Gasteiger partial charge in [0.25, 0.3) is 5.91 Å². The highest BCUT2D eigenvalue weighted by atomic mass is 79.9. The lowest BCUT2D eigenvalue weighted by Gasteiger charge is -2.05. The van der Waals surface area contributed by atoms with Crippen molar-refractivity contribution in [3.63, 3.8) is 0 Å². The second-order valence-corrected chi connectivity index (χ2v) is 4.85. The molecule has 20 heavy (non-hydrogen) atoms. The van der Waals surface area contributed by atoms with Crippen LogP contribution in [0.3, 0.4) is 0 Å². The van der Waals surface area contributed by atoms with Gasteiger partial charge in [-0.05, 0) is 17.7 Å². The van der Waals surface area contributed by atoms with E-state index in [4.69, 9.17) is 10.00 Å². The van der Waals surface area contributed by atoms with E-state index in [1.54, 1.807) is 7.11 Å². The minimum absolute atomic E-state index is 0.0381. The molecule has 0 fully saturated rings. The van der Waals surface area contributed by atoms with Gasteiger partial charge in [-0.2, -0.15) is 5.26 Å². The smallest absolute Gasteiger partial charge is 0.263 e. The largest absolute Gasteiger partial charge is 0.386 e. The second-order valence-electron chi connectivity index (χ2n) is 3.93. The van der Waals surface area contributed by atoms with Crippen molar-refractivity contribution in [2.45, 2.75) is 6.54 Å². The number of benzene rings is 1. The van der Waals surface area contributed by atoms with E-state index in [2.05, 4.69) is 26.6 Å². The molecule has 0 bridgehead atoms. The molecule has 0 unspecified atom stereocenters. The Labute approximate surface area is 126 Å². The van der Waals surface area contributed by atoms with E-state index in [1.165, 1.54) is 6.20 Å². The van der Waals surface area contributed by atoms with Crippen LogP contribution in [0.15, 0.2) is 40.5 Å². The average Bonchev–Trinajstić information content (AvgIpc) is 2.44. The molecule has 5 nitrogen and oxygen atoms in total. The average molecular weight is 338 g/mol. The number of ether oxygens (including phenoxy) is 1. The highest BCUT2D eigenvalue weighted by Gasteiger charge is 2.07. The van der Waals surface area contributed by atoms with E-state index in [-0.39, 0.29) is 5.57 Å². The molecule has 0 atom stereocenters. The van der Waals surface area contributed by atoms with Gasteiger partial charge in [-0.1, -0.05) is 28.1 Å². The Morgan fingerprint density at radius 3 is 3.00 bits per heavy atom. The van der Waals surface area contributed by atoms with Crippen molar-refractivity contribution in [3.05, 3.63) is 46.1 Å². The van der Waals surface area contributed by atoms with Crippen LogP contribution in [-0.4, -0.2) is 26.2 Å². The van der Waals surface area contributed by atoms with Gasteiger partial charge in [-0.3, -0.25) is 4.79 Å². The summed E-state index contributed by atoms with van der Waals surface area (Å²) in [5.41, 5.74) is 1.09. The number of hydrogen-bond donors (Lipinski definition) is 2. The zero-order valence-electron chi connectivity index (χ0n) is 11.1. The number of nitrogens with one attached hydrogen (secondary N) is 2. The third kappa shape index (κ3) is 5.87. The molecule has 0 aliphatic rings. The molecule has 0 radical (unpaired) electrons. The van der Waals surface area contributed by atoms with Crippen molar-refractivity contribution in [1.82, 2.24) is 10.6 Å². The number of amides is 1. The van der Waals surface area contributed by atoms with Crippen LogP contribution in [0, 0.1) is 11.3 Å². The zero-order valence-corrected chi connectivity index (χ0v) is 12.7. The molecule has 0 spiro atoms. The molecule has 0 aliphatic heterocycles. The quantitative estimate of drug-likeness (QED) is 0.451. The van der Waals surface area contributed by atoms with E-state index < -0.39 is 5.91 Å². The Morgan fingerprint density at radius 2 is 2.35 bits per heavy atom. The van der Waals surface area contributed by atoms with Crippen molar-refractivity contribution in [1.29, 1.82) is 5.26 Å². The maximum atomic E-state index is 11.6. The fraction of sp³-hybridized carbons (Fsp3) is 0.286. The number of halogens is 1. The Bertz CT molecular complexity index is 523. The van der Waals surface area contributed by atoms with Crippen LogP contribution in [0.4, 0.5) is 0 Å². The molecule has 0 saturated carbocycles. The third-order valence-corrected chi connectivity index (χ3v) is 2.89. The van der Waals surface area contributed by atoms with Gasteiger partial charge in [0, 0.05) is 30.9 Å². The number of carbonyl (C=O) groups is 1. The van der Waals surface area contributed by atoms with Gasteiger partial charge in [0.05, 0.1) is 6.61 Å². The summed E-state index contributed by atoms with van der Waals surface area (Å²) < 4.78 is 5.80. The van der Waals surface area contributed by atoms with Crippen molar-refractivity contribution in [3.8, 4) is 6.07 Å². The monoisotopic (exact) mass is 337 g/mol. The van der Waals surface area contributed by atoms with Gasteiger partial charge in [0.1, 0.15) is 11.6 Å². The molecule has 1 rings (SSSR count). The predicted molar refractivity (Wildman–Crippen MR) is 79.6 cm³/mol. The Morgan fingerprint density at radius 1 is 1.55 bits per heavy atom. The van der Waals surface area contributed by atoms with Crippen LogP contribution in [-0.2, 0) is 16.1 Å². The molecule has 0 heterocycles. The van der Waals surface area contributed by atoms with Gasteiger partial charge in [-0.25, -0.2) is 0 Å². The van der Waals surface area contributed by atoms with Gasteiger partial charge >= 0.3 is 0 Å². The molecule has 1 aromatic carbocycles. The summed E-state index contributed by atoms with van der Waals surface area (Å²) in [5.74, 6) is -0.411. The lowest BCUT2D eigenvalue weighted by atomic mass is 10.2. The zero-order chi connectivity index (χ0) is 14.8. The van der Waals surface area contributed by atoms with Crippen molar-refractivity contribution in [2.24, 2.45) is 0 Å². The van der Waals surface area contributed by atoms with Gasteiger partial charge < -0.3 is 15.4 Å². The van der Waals surface area contributed by atoms with Crippen LogP contribution in [0.1, 0.15) is 5.56 Å². The summed E-state index contributed by atoms with van der Waals surface area (Å²) in [7, 11) is 1.55. The number of carbonyl (C=O) groups excluding carboxylic acids is 1. The van der Waals surface area contributed by atoms with Crippen molar-refractivity contribution < 1.29 is 9.53 Å². The number of nitriles is 1. The highest BCUT2D eigenvalue weighted by molar-refractivity contribution is 9.10. The van der Waals surface area contributed by atoms with E-state index in [0.29, 0.717) is 19.7 Å². The second kappa shape index (κ2) is 9.13. The number of rotatable bonds is 7. The van der Waals surface area contributed by atoms with Crippen molar-refractivity contribution >= 4 is 21.8 Å². The first kappa shape index (κ1) is 16.2. The number of hydrogen-bond acceptors (Lipinski definition) is 4. The molecule has 0 saturated heterocycles. The molecule has 0 aliphatic carbocycles. The summed E-state index contributed by atoms with van der Waals surface area (Å²) in [6.45, 7) is 1.33. The van der Waals surface area contributed by atoms with E-state index in [0.717, 1.165) is 10.0 Å². The summed E-state index contributed by atoms with van der Waals surface area (Å²) in [6, 6.07) is 9.64. The van der Waals surface area contributed by atoms with E-state index >= 15 is 0 Å². The SMILES string of the molecule is COCCNC(=O)/C(C#N)=C\NCc1cccc(Br)c1. The summed E-state index contributed by atoms with van der Waals surface area (Å²) in [6.07, 6.45) is 1.42. The van der Waals surface area contributed by atoms with Gasteiger partial charge in [-0.15, -0.1) is 0 Å². The Kier molecular flexibility index (Phi) is 7.40. The fourth-order valence-corrected chi connectivity index (χ4v) is 1.87. The molecule has 2 N–H and O–H groups in total. The number of nitrogens with zero attached hydrogens (tertiary/aromatic N) is 1. The minimum Gasteiger partial charge on any atom is -0.386 e. The molecular weight excluding hydrogens is 322 g/mol. The van der Waals surface area contributed by atoms with Gasteiger partial charge in [0.2, 0.25) is 0 Å². The van der Waals surface area contributed by atoms with E-state index in [9.17, 15) is 4.79 Å². The summed E-state index contributed by atoms with van der Waals surface area (Å²) >= 11 is 3.38. The van der Waals surface area contributed by atoms with Crippen LogP contribution < -0.4 is 10.6 Å². The predicted octanol–water partition coefficient (Wildman–Crippen LogP) is 1.71. The molecule has 106 valence electrons. The fourth-order valence-electron chi connectivity index (χ4n) is 1.43. The molecule has 6 heteroatoms. The maximum absolute atomic E-state index is 11.6. The molecule has 1 amide bonds. The third-order valence-electron chi connectivity index (χ3n) is 2.40. The summed E-state index contributed by atoms with van der Waals surface area (Å²) in [5, 5.41) is 14.5. The Hall–Kier alpha value is -1.84. The lowest BCUT2D eigenvalue weighted by Crippen LogP contribution is -2.28. The van der Waals surface area contributed by atoms with E-state index in [1.807, 2.05) is 30.3 Å². The maximum Gasteiger partial charge on any atom is 0.263 e. The first-order chi connectivity index (χ1) is 9.67.